The lowest BCUT2D eigenvalue weighted by atomic mass is 9.88. The van der Waals surface area contributed by atoms with Crippen molar-refractivity contribution in [3.05, 3.63) is 127 Å². The van der Waals surface area contributed by atoms with Gasteiger partial charge < -0.3 is 0 Å². The lowest BCUT2D eigenvalue weighted by molar-refractivity contribution is 0.556. The summed E-state index contributed by atoms with van der Waals surface area (Å²) in [4.78, 5) is 5.16. The summed E-state index contributed by atoms with van der Waals surface area (Å²) >= 11 is 3.72. The van der Waals surface area contributed by atoms with Crippen LogP contribution in [0.25, 0.3) is 43.1 Å². The molecule has 62 heavy (non-hydrogen) atoms. The van der Waals surface area contributed by atoms with Gasteiger partial charge >= 0.3 is 0 Å². The SMILES string of the molecule is CCCCCCCCCCCCc1cc(C)sc1C#Cc1c2cc3ccccc3cc2c(C#Cc2sc(C)cc2CCCCCCCCCCCC)c2cc3ccccc3cc12. The Hall–Kier alpha value is -4.34. The second-order valence-electron chi connectivity index (χ2n) is 18.0. The summed E-state index contributed by atoms with van der Waals surface area (Å²) in [5.41, 5.74) is 5.07. The maximum Gasteiger partial charge on any atom is 0.0806 e. The van der Waals surface area contributed by atoms with Crippen LogP contribution >= 0.6 is 22.7 Å². The van der Waals surface area contributed by atoms with Gasteiger partial charge in [-0.1, -0.05) is 202 Å². The molecule has 0 spiro atoms. The predicted octanol–water partition coefficient (Wildman–Crippen LogP) is 18.8. The van der Waals surface area contributed by atoms with E-state index in [1.165, 1.54) is 202 Å². The van der Waals surface area contributed by atoms with Crippen molar-refractivity contribution in [3.8, 4) is 23.7 Å². The molecule has 0 aliphatic rings. The van der Waals surface area contributed by atoms with Crippen molar-refractivity contribution in [1.29, 1.82) is 0 Å². The first-order chi connectivity index (χ1) is 30.5. The third-order valence-corrected chi connectivity index (χ3v) is 14.9. The number of unbranched alkanes of at least 4 members (excludes halogenated alkanes) is 18. The van der Waals surface area contributed by atoms with Gasteiger partial charge in [-0.3, -0.25) is 0 Å². The van der Waals surface area contributed by atoms with E-state index in [0.717, 1.165) is 24.0 Å². The number of hydrogen-bond donors (Lipinski definition) is 0. The van der Waals surface area contributed by atoms with E-state index >= 15 is 0 Å². The average molecular weight is 855 g/mol. The maximum absolute atomic E-state index is 3.85. The molecule has 7 aromatic rings. The molecule has 0 unspecified atom stereocenters. The average Bonchev–Trinajstić information content (AvgIpc) is 3.83. The Balaban J connectivity index is 1.19. The van der Waals surface area contributed by atoms with E-state index in [2.05, 4.69) is 136 Å². The van der Waals surface area contributed by atoms with Gasteiger partial charge in [-0.25, -0.2) is 0 Å². The molecule has 0 N–H and O–H groups in total. The largest absolute Gasteiger partial charge is 0.132 e. The minimum atomic E-state index is 1.11. The van der Waals surface area contributed by atoms with Gasteiger partial charge in [-0.15, -0.1) is 22.7 Å². The van der Waals surface area contributed by atoms with Gasteiger partial charge in [-0.2, -0.15) is 0 Å². The van der Waals surface area contributed by atoms with Crippen molar-refractivity contribution in [1.82, 2.24) is 0 Å². The van der Waals surface area contributed by atoms with Crippen molar-refractivity contribution in [2.75, 3.05) is 0 Å². The van der Waals surface area contributed by atoms with Crippen LogP contribution in [-0.2, 0) is 12.8 Å². The van der Waals surface area contributed by atoms with Gasteiger partial charge in [0, 0.05) is 20.9 Å². The van der Waals surface area contributed by atoms with Crippen molar-refractivity contribution in [2.24, 2.45) is 0 Å². The van der Waals surface area contributed by atoms with E-state index in [9.17, 15) is 0 Å². The molecule has 0 radical (unpaired) electrons. The molecular weight excluding hydrogens is 785 g/mol. The number of thiophene rings is 2. The van der Waals surface area contributed by atoms with Crippen LogP contribution in [0.2, 0.25) is 0 Å². The summed E-state index contributed by atoms with van der Waals surface area (Å²) in [7, 11) is 0. The second kappa shape index (κ2) is 23.9. The van der Waals surface area contributed by atoms with Crippen LogP contribution in [0.4, 0.5) is 0 Å². The van der Waals surface area contributed by atoms with Crippen molar-refractivity contribution in [2.45, 2.75) is 169 Å². The zero-order valence-corrected chi connectivity index (χ0v) is 40.1. The Morgan fingerprint density at radius 3 is 0.952 bits per heavy atom. The van der Waals surface area contributed by atoms with Crippen LogP contribution in [-0.4, -0.2) is 0 Å². The summed E-state index contributed by atoms with van der Waals surface area (Å²) in [6, 6.07) is 31.9. The fourth-order valence-corrected chi connectivity index (χ4v) is 11.3. The summed E-state index contributed by atoms with van der Waals surface area (Å²) in [5.74, 6) is 15.3. The molecule has 0 atom stereocenters. The molecule has 2 aromatic heterocycles. The monoisotopic (exact) mass is 854 g/mol. The zero-order chi connectivity index (χ0) is 42.9. The molecule has 0 saturated carbocycles. The van der Waals surface area contributed by atoms with Crippen LogP contribution in [0.1, 0.15) is 184 Å². The van der Waals surface area contributed by atoms with E-state index in [0.29, 0.717) is 0 Å². The molecule has 0 nitrogen and oxygen atoms in total. The standard InChI is InChI=1S/C60H70S2/c1-5-7-9-11-13-15-17-19-21-23-33-51-39-45(3)61-59(51)37-35-53-55-41-47-29-25-27-31-49(47)43-57(55)54(58-44-50-32-28-26-30-48(50)42-56(53)58)36-38-60-52(40-46(4)62-60)34-24-22-20-18-16-14-12-10-8-6-2/h25-32,39-44H,5-24,33-34H2,1-4H3. The van der Waals surface area contributed by atoms with E-state index in [1.807, 2.05) is 22.7 Å². The first kappa shape index (κ1) is 45.7. The van der Waals surface area contributed by atoms with E-state index in [4.69, 9.17) is 0 Å². The first-order valence-corrected chi connectivity index (χ1v) is 26.2. The van der Waals surface area contributed by atoms with Crippen molar-refractivity contribution in [3.63, 3.8) is 0 Å². The molecule has 0 aliphatic heterocycles. The number of hydrogen-bond acceptors (Lipinski definition) is 2. The molecule has 2 heterocycles. The Bertz CT molecular complexity index is 2380. The molecule has 7 rings (SSSR count). The number of fused-ring (bicyclic) bond motifs is 4. The van der Waals surface area contributed by atoms with Gasteiger partial charge in [0.15, 0.2) is 0 Å². The normalized spacial score (nSPS) is 11.4. The molecule has 322 valence electrons. The Morgan fingerprint density at radius 2 is 0.645 bits per heavy atom. The molecule has 2 heteroatoms. The molecule has 0 saturated heterocycles. The lowest BCUT2D eigenvalue weighted by Gasteiger charge is -2.14. The maximum atomic E-state index is 3.85. The molecule has 0 amide bonds. The summed E-state index contributed by atoms with van der Waals surface area (Å²) in [6.07, 6.45) is 29.4. The van der Waals surface area contributed by atoms with Crippen LogP contribution in [0.3, 0.4) is 0 Å². The first-order valence-electron chi connectivity index (χ1n) is 24.6. The van der Waals surface area contributed by atoms with Gasteiger partial charge in [0.25, 0.3) is 0 Å². The quantitative estimate of drug-likeness (QED) is 0.0362. The molecule has 0 fully saturated rings. The van der Waals surface area contributed by atoms with Crippen molar-refractivity contribution >= 4 is 65.8 Å². The van der Waals surface area contributed by atoms with Crippen LogP contribution in [0, 0.1) is 37.5 Å². The van der Waals surface area contributed by atoms with Crippen LogP contribution in [0.15, 0.2) is 84.9 Å². The third kappa shape index (κ3) is 12.4. The molecule has 5 aromatic carbocycles. The third-order valence-electron chi connectivity index (χ3n) is 12.9. The number of aryl methyl sites for hydroxylation is 4. The fourth-order valence-electron chi connectivity index (χ4n) is 9.43. The van der Waals surface area contributed by atoms with E-state index < -0.39 is 0 Å². The predicted molar refractivity (Wildman–Crippen MR) is 278 cm³/mol. The fraction of sp³-hybridized carbons (Fsp3) is 0.433. The summed E-state index contributed by atoms with van der Waals surface area (Å²) < 4.78 is 0. The second-order valence-corrected chi connectivity index (χ2v) is 20.5. The van der Waals surface area contributed by atoms with Crippen LogP contribution < -0.4 is 0 Å². The topological polar surface area (TPSA) is 0 Å². The Labute approximate surface area is 382 Å². The molecular formula is C60H70S2. The summed E-state index contributed by atoms with van der Waals surface area (Å²) in [5, 5.41) is 9.74. The van der Waals surface area contributed by atoms with Gasteiger partial charge in [0.05, 0.1) is 9.75 Å². The highest BCUT2D eigenvalue weighted by molar-refractivity contribution is 7.13. The van der Waals surface area contributed by atoms with E-state index in [1.54, 1.807) is 0 Å². The van der Waals surface area contributed by atoms with E-state index in [-0.39, 0.29) is 0 Å². The smallest absolute Gasteiger partial charge is 0.0806 e. The van der Waals surface area contributed by atoms with Crippen LogP contribution in [0.5, 0.6) is 0 Å². The minimum absolute atomic E-state index is 1.11. The lowest BCUT2D eigenvalue weighted by Crippen LogP contribution is -1.93. The van der Waals surface area contributed by atoms with Crippen molar-refractivity contribution < 1.29 is 0 Å². The summed E-state index contributed by atoms with van der Waals surface area (Å²) in [6.45, 7) is 9.08. The van der Waals surface area contributed by atoms with Gasteiger partial charge in [0.1, 0.15) is 0 Å². The van der Waals surface area contributed by atoms with Gasteiger partial charge in [-0.05, 0) is 130 Å². The Kier molecular flexibility index (Phi) is 17.6. The zero-order valence-electron chi connectivity index (χ0n) is 38.5. The number of rotatable bonds is 22. The molecule has 0 aliphatic carbocycles. The van der Waals surface area contributed by atoms with Gasteiger partial charge in [0.2, 0.25) is 0 Å². The highest BCUT2D eigenvalue weighted by Crippen LogP contribution is 2.38. The number of benzene rings is 5. The molecule has 0 bridgehead atoms. The highest BCUT2D eigenvalue weighted by Gasteiger charge is 2.16. The minimum Gasteiger partial charge on any atom is -0.132 e. The Morgan fingerprint density at radius 1 is 0.355 bits per heavy atom. The highest BCUT2D eigenvalue weighted by atomic mass is 32.1.